The Morgan fingerprint density at radius 2 is 1.55 bits per heavy atom. The van der Waals surface area contributed by atoms with Crippen LogP contribution in [0.4, 0.5) is 0 Å². The maximum atomic E-state index is 11.7. The molecule has 1 aliphatic heterocycles. The zero-order chi connectivity index (χ0) is 26.8. The molecule has 38 heavy (non-hydrogen) atoms. The first-order valence-corrected chi connectivity index (χ1v) is 13.7. The molecule has 1 atom stereocenters. The number of rotatable bonds is 12. The number of ether oxygens (including phenoxy) is 2. The Bertz CT molecular complexity index is 1170. The minimum absolute atomic E-state index is 0.00332. The van der Waals surface area contributed by atoms with Crippen LogP contribution in [-0.2, 0) is 5.41 Å². The van der Waals surface area contributed by atoms with Gasteiger partial charge in [0.25, 0.3) is 0 Å². The summed E-state index contributed by atoms with van der Waals surface area (Å²) in [7, 11) is 1.59. The van der Waals surface area contributed by atoms with E-state index in [1.165, 1.54) is 19.3 Å². The van der Waals surface area contributed by atoms with Crippen molar-refractivity contribution in [2.45, 2.75) is 56.9 Å². The Balaban J connectivity index is 1.54. The van der Waals surface area contributed by atoms with Crippen LogP contribution in [0, 0.1) is 11.3 Å². The number of piperidine rings is 1. The summed E-state index contributed by atoms with van der Waals surface area (Å²) in [5.41, 5.74) is 1.95. The third kappa shape index (κ3) is 6.09. The minimum Gasteiger partial charge on any atom is -0.493 e. The Morgan fingerprint density at radius 3 is 2.11 bits per heavy atom. The molecule has 0 aliphatic carbocycles. The van der Waals surface area contributed by atoms with Crippen molar-refractivity contribution >= 4 is 5.78 Å². The van der Waals surface area contributed by atoms with Crippen LogP contribution in [0.15, 0.2) is 78.9 Å². The molecule has 0 amide bonds. The molecular weight excluding hydrogens is 472 g/mol. The number of nitriles is 1. The summed E-state index contributed by atoms with van der Waals surface area (Å²) in [4.78, 5) is 14.3. The van der Waals surface area contributed by atoms with Gasteiger partial charge < -0.3 is 9.47 Å². The molecule has 4 rings (SSSR count). The fourth-order valence-electron chi connectivity index (χ4n) is 5.69. The van der Waals surface area contributed by atoms with Gasteiger partial charge in [-0.2, -0.15) is 5.26 Å². The molecule has 0 N–H and O–H groups in total. The number of ketones is 1. The van der Waals surface area contributed by atoms with Gasteiger partial charge in [-0.25, -0.2) is 0 Å². The van der Waals surface area contributed by atoms with E-state index in [4.69, 9.17) is 9.47 Å². The summed E-state index contributed by atoms with van der Waals surface area (Å²) in [6, 6.07) is 28.8. The molecule has 1 unspecified atom stereocenters. The van der Waals surface area contributed by atoms with Gasteiger partial charge in [-0.1, -0.05) is 67.1 Å². The van der Waals surface area contributed by atoms with Gasteiger partial charge in [-0.05, 0) is 81.4 Å². The standard InChI is InChI=1S/C33H38N2O3/c1-26(36)27-19-20-30(31(24-27)37-2)38-23-13-10-18-32(35-21-11-5-12-22-35)33(25-34,28-14-6-3-7-15-28)29-16-8-4-9-17-29/h3-4,6-9,14-17,19-20,24,32H,5,10-13,18,21-23H2,1-2H3. The molecule has 0 radical (unpaired) electrons. The average Bonchev–Trinajstić information content (AvgIpc) is 2.98. The van der Waals surface area contributed by atoms with Gasteiger partial charge in [0.2, 0.25) is 0 Å². The summed E-state index contributed by atoms with van der Waals surface area (Å²) in [6.45, 7) is 4.12. The highest BCUT2D eigenvalue weighted by Gasteiger charge is 2.45. The van der Waals surface area contributed by atoms with E-state index in [-0.39, 0.29) is 11.8 Å². The first kappa shape index (κ1) is 27.4. The van der Waals surface area contributed by atoms with Crippen molar-refractivity contribution in [3.63, 3.8) is 0 Å². The smallest absolute Gasteiger partial charge is 0.161 e. The second-order valence-electron chi connectivity index (χ2n) is 10.0. The van der Waals surface area contributed by atoms with Gasteiger partial charge in [-0.3, -0.25) is 9.69 Å². The number of Topliss-reactive ketones (excluding diaryl/α,β-unsaturated/α-hetero) is 1. The first-order chi connectivity index (χ1) is 18.6. The van der Waals surface area contributed by atoms with Gasteiger partial charge in [0.15, 0.2) is 17.3 Å². The number of hydrogen-bond donors (Lipinski definition) is 0. The Kier molecular flexibility index (Phi) is 9.56. The van der Waals surface area contributed by atoms with Crippen LogP contribution in [0.25, 0.3) is 0 Å². The molecule has 1 aliphatic rings. The maximum Gasteiger partial charge on any atom is 0.161 e. The molecule has 5 heteroatoms. The average molecular weight is 511 g/mol. The van der Waals surface area contributed by atoms with Crippen molar-refractivity contribution in [3.8, 4) is 17.6 Å². The SMILES string of the molecule is COc1cc(C(C)=O)ccc1OCCCCC(N1CCCCC1)C(C#N)(c1ccccc1)c1ccccc1. The quantitative estimate of drug-likeness (QED) is 0.198. The lowest BCUT2D eigenvalue weighted by Crippen LogP contribution is -2.52. The molecule has 1 fully saturated rings. The van der Waals surface area contributed by atoms with Crippen molar-refractivity contribution in [2.24, 2.45) is 0 Å². The Hall–Kier alpha value is -3.62. The third-order valence-electron chi connectivity index (χ3n) is 7.67. The van der Waals surface area contributed by atoms with Gasteiger partial charge in [0.1, 0.15) is 5.41 Å². The number of hydrogen-bond acceptors (Lipinski definition) is 5. The summed E-state index contributed by atoms with van der Waals surface area (Å²) in [5, 5.41) is 10.9. The van der Waals surface area contributed by atoms with Crippen LogP contribution in [0.5, 0.6) is 11.5 Å². The lowest BCUT2D eigenvalue weighted by Gasteiger charge is -2.44. The first-order valence-electron chi connectivity index (χ1n) is 13.7. The van der Waals surface area contributed by atoms with Crippen molar-refractivity contribution in [1.29, 1.82) is 5.26 Å². The van der Waals surface area contributed by atoms with E-state index in [1.54, 1.807) is 32.2 Å². The monoisotopic (exact) mass is 510 g/mol. The second kappa shape index (κ2) is 13.3. The van der Waals surface area contributed by atoms with Crippen molar-refractivity contribution in [1.82, 2.24) is 4.90 Å². The number of benzene rings is 3. The summed E-state index contributed by atoms with van der Waals surface area (Å²) in [6.07, 6.45) is 6.26. The number of nitrogens with zero attached hydrogens (tertiary/aromatic N) is 2. The van der Waals surface area contributed by atoms with Crippen LogP contribution >= 0.6 is 0 Å². The maximum absolute atomic E-state index is 11.7. The van der Waals surface area contributed by atoms with Crippen molar-refractivity contribution < 1.29 is 14.3 Å². The van der Waals surface area contributed by atoms with Crippen molar-refractivity contribution in [2.75, 3.05) is 26.8 Å². The third-order valence-corrected chi connectivity index (χ3v) is 7.67. The Morgan fingerprint density at radius 1 is 0.921 bits per heavy atom. The highest BCUT2D eigenvalue weighted by molar-refractivity contribution is 5.94. The molecule has 3 aromatic carbocycles. The normalized spacial score (nSPS) is 14.9. The molecule has 1 heterocycles. The van der Waals surface area contributed by atoms with Gasteiger partial charge >= 0.3 is 0 Å². The molecule has 0 saturated carbocycles. The predicted molar refractivity (Wildman–Crippen MR) is 151 cm³/mol. The Labute approximate surface area is 227 Å². The zero-order valence-electron chi connectivity index (χ0n) is 22.6. The zero-order valence-corrected chi connectivity index (χ0v) is 22.6. The molecule has 0 bridgehead atoms. The van der Waals surface area contributed by atoms with Crippen LogP contribution < -0.4 is 9.47 Å². The van der Waals surface area contributed by atoms with E-state index in [2.05, 4.69) is 35.2 Å². The lowest BCUT2D eigenvalue weighted by atomic mass is 9.68. The second-order valence-corrected chi connectivity index (χ2v) is 10.0. The fraction of sp³-hybridized carbons (Fsp3) is 0.394. The molecule has 3 aromatic rings. The van der Waals surface area contributed by atoms with E-state index in [1.807, 2.05) is 36.4 Å². The highest BCUT2D eigenvalue weighted by atomic mass is 16.5. The largest absolute Gasteiger partial charge is 0.493 e. The molecule has 198 valence electrons. The van der Waals surface area contributed by atoms with Crippen LogP contribution in [0.1, 0.15) is 66.9 Å². The number of carbonyl (C=O) groups is 1. The molecular formula is C33H38N2O3. The van der Waals surface area contributed by atoms with E-state index in [9.17, 15) is 10.1 Å². The number of carbonyl (C=O) groups excluding carboxylic acids is 1. The molecule has 0 spiro atoms. The van der Waals surface area contributed by atoms with Crippen LogP contribution in [0.2, 0.25) is 0 Å². The van der Waals surface area contributed by atoms with Crippen LogP contribution in [-0.4, -0.2) is 43.5 Å². The fourth-order valence-corrected chi connectivity index (χ4v) is 5.69. The lowest BCUT2D eigenvalue weighted by molar-refractivity contribution is 0.101. The van der Waals surface area contributed by atoms with E-state index in [0.29, 0.717) is 23.7 Å². The molecule has 0 aromatic heterocycles. The van der Waals surface area contributed by atoms with Crippen LogP contribution in [0.3, 0.4) is 0 Å². The van der Waals surface area contributed by atoms with Gasteiger partial charge in [0, 0.05) is 11.6 Å². The number of unbranched alkanes of at least 4 members (excludes halogenated alkanes) is 1. The van der Waals surface area contributed by atoms with Gasteiger partial charge in [0.05, 0.1) is 19.8 Å². The van der Waals surface area contributed by atoms with Gasteiger partial charge in [-0.15, -0.1) is 0 Å². The van der Waals surface area contributed by atoms with E-state index < -0.39 is 5.41 Å². The molecule has 5 nitrogen and oxygen atoms in total. The number of likely N-dealkylation sites (tertiary alicyclic amines) is 1. The van der Waals surface area contributed by atoms with E-state index in [0.717, 1.165) is 43.5 Å². The van der Waals surface area contributed by atoms with E-state index >= 15 is 0 Å². The number of methoxy groups -OCH3 is 1. The minimum atomic E-state index is -0.757. The summed E-state index contributed by atoms with van der Waals surface area (Å²) < 4.78 is 11.5. The topological polar surface area (TPSA) is 62.6 Å². The molecule has 1 saturated heterocycles. The predicted octanol–water partition coefficient (Wildman–Crippen LogP) is 6.81. The van der Waals surface area contributed by atoms with Crippen molar-refractivity contribution in [3.05, 3.63) is 95.6 Å². The summed E-state index contributed by atoms with van der Waals surface area (Å²) >= 11 is 0. The summed E-state index contributed by atoms with van der Waals surface area (Å²) in [5.74, 6) is 1.21. The highest BCUT2D eigenvalue weighted by Crippen LogP contribution is 2.41.